The van der Waals surface area contributed by atoms with E-state index in [1.54, 1.807) is 0 Å². The molecule has 2 nitrogen and oxygen atoms in total. The lowest BCUT2D eigenvalue weighted by atomic mass is 10.3. The maximum atomic E-state index is 12.0. The predicted octanol–water partition coefficient (Wildman–Crippen LogP) is 1.51. The van der Waals surface area contributed by atoms with E-state index in [9.17, 15) is 18.0 Å². The molecule has 0 aliphatic carbocycles. The van der Waals surface area contributed by atoms with Crippen LogP contribution in [-0.2, 0) is 6.18 Å². The van der Waals surface area contributed by atoms with E-state index in [1.807, 2.05) is 0 Å². The fraction of sp³-hybridized carbons (Fsp3) is 0.143. The van der Waals surface area contributed by atoms with E-state index < -0.39 is 17.3 Å². The van der Waals surface area contributed by atoms with Gasteiger partial charge in [-0.1, -0.05) is 0 Å². The predicted molar refractivity (Wildman–Crippen MR) is 36.5 cm³/mol. The zero-order valence-corrected chi connectivity index (χ0v) is 5.93. The van der Waals surface area contributed by atoms with Crippen molar-refractivity contribution in [1.29, 1.82) is 0 Å². The molecule has 65 valence electrons. The summed E-state index contributed by atoms with van der Waals surface area (Å²) in [4.78, 5) is 10.8. The van der Waals surface area contributed by atoms with Crippen molar-refractivity contribution < 1.29 is 13.2 Å². The molecule has 0 bridgehead atoms. The van der Waals surface area contributed by atoms with Gasteiger partial charge in [-0.15, -0.1) is 0 Å². The van der Waals surface area contributed by atoms with Crippen molar-refractivity contribution in [3.63, 3.8) is 0 Å². The Morgan fingerprint density at radius 1 is 1.42 bits per heavy atom. The third-order valence-corrected chi connectivity index (χ3v) is 1.33. The molecule has 0 saturated carbocycles. The van der Waals surface area contributed by atoms with Crippen LogP contribution in [0, 0.1) is 7.05 Å². The molecule has 0 amide bonds. The fourth-order valence-corrected chi connectivity index (χ4v) is 0.753. The van der Waals surface area contributed by atoms with Gasteiger partial charge in [0.05, 0.1) is 0 Å². The Labute approximate surface area is 66.2 Å². The van der Waals surface area contributed by atoms with Crippen LogP contribution < -0.4 is 5.56 Å². The number of nitrogens with zero attached hydrogens (tertiary/aromatic N) is 1. The van der Waals surface area contributed by atoms with E-state index >= 15 is 0 Å². The van der Waals surface area contributed by atoms with Gasteiger partial charge in [-0.3, -0.25) is 4.79 Å². The smallest absolute Gasteiger partial charge is 0.313 e. The van der Waals surface area contributed by atoms with Gasteiger partial charge in [0.2, 0.25) is 0 Å². The van der Waals surface area contributed by atoms with Crippen LogP contribution in [0.1, 0.15) is 5.56 Å². The molecule has 0 N–H and O–H groups in total. The summed E-state index contributed by atoms with van der Waals surface area (Å²) in [6.07, 6.45) is -3.44. The monoisotopic (exact) mass is 176 g/mol. The molecule has 0 aromatic carbocycles. The molecule has 0 atom stereocenters. The van der Waals surface area contributed by atoms with Gasteiger partial charge in [0, 0.05) is 13.2 Å². The minimum atomic E-state index is -4.60. The molecule has 1 aromatic rings. The molecule has 0 unspecified atom stereocenters. The van der Waals surface area contributed by atoms with Crippen molar-refractivity contribution in [1.82, 2.24) is 4.57 Å². The summed E-state index contributed by atoms with van der Waals surface area (Å²) in [6, 6.07) is 1.85. The number of rotatable bonds is 0. The highest BCUT2D eigenvalue weighted by Gasteiger charge is 2.33. The highest BCUT2D eigenvalue weighted by molar-refractivity contribution is 5.14. The maximum absolute atomic E-state index is 12.0. The van der Waals surface area contributed by atoms with Crippen LogP contribution in [0.15, 0.2) is 23.1 Å². The first-order valence-electron chi connectivity index (χ1n) is 3.02. The van der Waals surface area contributed by atoms with E-state index in [2.05, 4.69) is 7.05 Å². The highest BCUT2D eigenvalue weighted by Crippen LogP contribution is 2.25. The summed E-state index contributed by atoms with van der Waals surface area (Å²) in [5, 5.41) is 0. The topological polar surface area (TPSA) is 22.0 Å². The van der Waals surface area contributed by atoms with E-state index in [-0.39, 0.29) is 0 Å². The summed E-state index contributed by atoms with van der Waals surface area (Å²) < 4.78 is 36.6. The van der Waals surface area contributed by atoms with Crippen molar-refractivity contribution in [2.24, 2.45) is 0 Å². The van der Waals surface area contributed by atoms with Crippen LogP contribution in [0.4, 0.5) is 13.2 Å². The minimum absolute atomic E-state index is 0.642. The molecule has 1 rings (SSSR count). The maximum Gasteiger partial charge on any atom is 0.421 e. The van der Waals surface area contributed by atoms with E-state index in [1.165, 1.54) is 0 Å². The molecular weight excluding hydrogens is 171 g/mol. The molecule has 0 fully saturated rings. The lowest BCUT2D eigenvalue weighted by Crippen LogP contribution is -2.25. The van der Waals surface area contributed by atoms with Crippen LogP contribution >= 0.6 is 0 Å². The number of pyridine rings is 1. The van der Waals surface area contributed by atoms with Crippen molar-refractivity contribution in [3.8, 4) is 0 Å². The van der Waals surface area contributed by atoms with Gasteiger partial charge in [-0.05, 0) is 12.1 Å². The van der Waals surface area contributed by atoms with E-state index in [0.717, 1.165) is 18.3 Å². The Hall–Kier alpha value is -1.26. The van der Waals surface area contributed by atoms with Gasteiger partial charge >= 0.3 is 6.18 Å². The molecular formula is C7H5F3NO. The fourth-order valence-electron chi connectivity index (χ4n) is 0.753. The number of hydrogen-bond donors (Lipinski definition) is 0. The average molecular weight is 176 g/mol. The third kappa shape index (κ3) is 1.49. The molecule has 0 spiro atoms. The lowest BCUT2D eigenvalue weighted by molar-refractivity contribution is -0.138. The summed E-state index contributed by atoms with van der Waals surface area (Å²) in [5.41, 5.74) is -2.33. The average Bonchev–Trinajstić information content (AvgIpc) is 1.92. The van der Waals surface area contributed by atoms with Crippen LogP contribution in [-0.4, -0.2) is 4.57 Å². The number of halogens is 3. The van der Waals surface area contributed by atoms with Gasteiger partial charge in [0.1, 0.15) is 5.56 Å². The van der Waals surface area contributed by atoms with Crippen LogP contribution in [0.5, 0.6) is 0 Å². The number of aromatic nitrogens is 1. The largest absolute Gasteiger partial charge is 0.421 e. The molecule has 0 aliphatic rings. The summed E-state index contributed by atoms with van der Waals surface area (Å²) in [5.74, 6) is 0. The second kappa shape index (κ2) is 2.66. The summed E-state index contributed by atoms with van der Waals surface area (Å²) in [7, 11) is 3.10. The van der Waals surface area contributed by atoms with Crippen LogP contribution in [0.2, 0.25) is 0 Å². The van der Waals surface area contributed by atoms with E-state index in [0.29, 0.717) is 4.57 Å². The molecule has 5 heteroatoms. The SMILES string of the molecule is [CH2]n1cccc(C(F)(F)F)c1=O. The first-order chi connectivity index (χ1) is 5.43. The second-order valence-corrected chi connectivity index (χ2v) is 2.19. The third-order valence-electron chi connectivity index (χ3n) is 1.33. The first-order valence-corrected chi connectivity index (χ1v) is 3.02. The van der Waals surface area contributed by atoms with Crippen LogP contribution in [0.3, 0.4) is 0 Å². The van der Waals surface area contributed by atoms with Gasteiger partial charge < -0.3 is 4.57 Å². The summed E-state index contributed by atoms with van der Waals surface area (Å²) in [6.45, 7) is 0. The molecule has 1 aromatic heterocycles. The Bertz CT molecular complexity index is 339. The zero-order valence-electron chi connectivity index (χ0n) is 5.93. The van der Waals surface area contributed by atoms with E-state index in [4.69, 9.17) is 0 Å². The molecule has 0 saturated heterocycles. The van der Waals surface area contributed by atoms with Gasteiger partial charge in [-0.2, -0.15) is 13.2 Å². The normalized spacial score (nSPS) is 11.7. The Morgan fingerprint density at radius 2 is 2.00 bits per heavy atom. The molecule has 12 heavy (non-hydrogen) atoms. The Balaban J connectivity index is 3.37. The van der Waals surface area contributed by atoms with Gasteiger partial charge in [-0.25, -0.2) is 0 Å². The summed E-state index contributed by atoms with van der Waals surface area (Å²) >= 11 is 0. The number of hydrogen-bond acceptors (Lipinski definition) is 1. The first kappa shape index (κ1) is 8.83. The molecule has 0 aliphatic heterocycles. The highest BCUT2D eigenvalue weighted by atomic mass is 19.4. The quantitative estimate of drug-likeness (QED) is 0.587. The Kier molecular flexibility index (Phi) is 1.95. The number of alkyl halides is 3. The van der Waals surface area contributed by atoms with Crippen molar-refractivity contribution >= 4 is 0 Å². The van der Waals surface area contributed by atoms with Crippen molar-refractivity contribution in [2.45, 2.75) is 6.18 Å². The van der Waals surface area contributed by atoms with Crippen LogP contribution in [0.25, 0.3) is 0 Å². The molecule has 1 heterocycles. The zero-order chi connectivity index (χ0) is 9.35. The van der Waals surface area contributed by atoms with Crippen molar-refractivity contribution in [2.75, 3.05) is 0 Å². The second-order valence-electron chi connectivity index (χ2n) is 2.19. The van der Waals surface area contributed by atoms with Gasteiger partial charge in [0.25, 0.3) is 5.56 Å². The molecule has 1 radical (unpaired) electrons. The minimum Gasteiger partial charge on any atom is -0.313 e. The standard InChI is InChI=1S/C7H5F3NO/c1-11-4-2-3-5(6(11)12)7(8,9)10/h2-4H,1H2. The van der Waals surface area contributed by atoms with Gasteiger partial charge in [0.15, 0.2) is 0 Å². The lowest BCUT2D eigenvalue weighted by Gasteiger charge is -2.05. The Morgan fingerprint density at radius 3 is 2.42 bits per heavy atom. The van der Waals surface area contributed by atoms with Crippen molar-refractivity contribution in [3.05, 3.63) is 41.3 Å².